The second-order valence-electron chi connectivity index (χ2n) is 5.05. The number of rotatable bonds is 3. The molecule has 18 heavy (non-hydrogen) atoms. The van der Waals surface area contributed by atoms with Crippen LogP contribution in [0.1, 0.15) is 32.1 Å². The number of carbonyl (C=O) groups excluding carboxylic acids is 1. The van der Waals surface area contributed by atoms with E-state index in [-0.39, 0.29) is 24.0 Å². The van der Waals surface area contributed by atoms with Gasteiger partial charge in [-0.15, -0.1) is 0 Å². The molecule has 0 unspecified atom stereocenters. The third kappa shape index (κ3) is 3.60. The van der Waals surface area contributed by atoms with E-state index in [1.165, 1.54) is 0 Å². The maximum absolute atomic E-state index is 11.7. The summed E-state index contributed by atoms with van der Waals surface area (Å²) in [4.78, 5) is 22.5. The molecule has 1 saturated carbocycles. The largest absolute Gasteiger partial charge is 0.481 e. The predicted octanol–water partition coefficient (Wildman–Crippen LogP) is 0.718. The van der Waals surface area contributed by atoms with Gasteiger partial charge in [0.15, 0.2) is 0 Å². The van der Waals surface area contributed by atoms with Crippen LogP contribution in [-0.2, 0) is 9.53 Å². The zero-order valence-electron chi connectivity index (χ0n) is 10.4. The lowest BCUT2D eigenvalue weighted by molar-refractivity contribution is -0.141. The molecule has 1 heterocycles. The summed E-state index contributed by atoms with van der Waals surface area (Å²) in [6.45, 7) is 1.38. The molecule has 0 radical (unpaired) electrons. The number of hydrogen-bond acceptors (Lipinski definition) is 3. The first kappa shape index (κ1) is 13.1. The molecular formula is C12H20N2O4. The average molecular weight is 256 g/mol. The third-order valence-electron chi connectivity index (χ3n) is 3.67. The molecule has 6 heteroatoms. The van der Waals surface area contributed by atoms with Crippen LogP contribution < -0.4 is 10.6 Å². The normalized spacial score (nSPS) is 28.9. The van der Waals surface area contributed by atoms with Gasteiger partial charge in [0, 0.05) is 25.3 Å². The highest BCUT2D eigenvalue weighted by atomic mass is 16.5. The van der Waals surface area contributed by atoms with Gasteiger partial charge < -0.3 is 20.5 Å². The molecule has 1 aliphatic carbocycles. The van der Waals surface area contributed by atoms with E-state index in [0.29, 0.717) is 26.1 Å². The van der Waals surface area contributed by atoms with Gasteiger partial charge in [-0.1, -0.05) is 0 Å². The van der Waals surface area contributed by atoms with E-state index >= 15 is 0 Å². The topological polar surface area (TPSA) is 87.7 Å². The number of amides is 2. The van der Waals surface area contributed by atoms with Crippen molar-refractivity contribution in [3.05, 3.63) is 0 Å². The van der Waals surface area contributed by atoms with Gasteiger partial charge in [0.05, 0.1) is 5.92 Å². The molecule has 2 aliphatic rings. The Morgan fingerprint density at radius 2 is 1.67 bits per heavy atom. The van der Waals surface area contributed by atoms with E-state index < -0.39 is 5.97 Å². The van der Waals surface area contributed by atoms with Gasteiger partial charge in [-0.3, -0.25) is 4.79 Å². The minimum absolute atomic E-state index is 0.00839. The summed E-state index contributed by atoms with van der Waals surface area (Å²) >= 11 is 0. The maximum Gasteiger partial charge on any atom is 0.315 e. The molecule has 6 nitrogen and oxygen atoms in total. The zero-order valence-corrected chi connectivity index (χ0v) is 10.4. The number of ether oxygens (including phenoxy) is 1. The average Bonchev–Trinajstić information content (AvgIpc) is 2.78. The Kier molecular flexibility index (Phi) is 4.41. The van der Waals surface area contributed by atoms with Crippen LogP contribution in [0.5, 0.6) is 0 Å². The van der Waals surface area contributed by atoms with Gasteiger partial charge in [0.2, 0.25) is 0 Å². The fourth-order valence-corrected chi connectivity index (χ4v) is 2.59. The number of nitrogens with one attached hydrogen (secondary N) is 2. The van der Waals surface area contributed by atoms with Crippen molar-refractivity contribution < 1.29 is 19.4 Å². The van der Waals surface area contributed by atoms with Gasteiger partial charge in [-0.25, -0.2) is 4.79 Å². The van der Waals surface area contributed by atoms with Crippen molar-refractivity contribution in [2.24, 2.45) is 5.92 Å². The summed E-state index contributed by atoms with van der Waals surface area (Å²) in [5.74, 6) is -1.07. The van der Waals surface area contributed by atoms with Crippen LogP contribution in [0.15, 0.2) is 0 Å². The Morgan fingerprint density at radius 1 is 1.00 bits per heavy atom. The van der Waals surface area contributed by atoms with Gasteiger partial charge >= 0.3 is 12.0 Å². The van der Waals surface area contributed by atoms with Crippen LogP contribution in [-0.4, -0.2) is 42.4 Å². The first-order valence-corrected chi connectivity index (χ1v) is 6.52. The number of aliphatic carboxylic acids is 1. The third-order valence-corrected chi connectivity index (χ3v) is 3.67. The van der Waals surface area contributed by atoms with Crippen LogP contribution in [0.4, 0.5) is 4.79 Å². The van der Waals surface area contributed by atoms with Gasteiger partial charge in [-0.2, -0.15) is 0 Å². The van der Waals surface area contributed by atoms with Gasteiger partial charge in [0.25, 0.3) is 0 Å². The quantitative estimate of drug-likeness (QED) is 0.694. The summed E-state index contributed by atoms with van der Waals surface area (Å²) in [6, 6.07) is -0.0145. The molecule has 3 N–H and O–H groups in total. The van der Waals surface area contributed by atoms with Crippen LogP contribution in [0.25, 0.3) is 0 Å². The Labute approximate surface area is 106 Å². The number of hydrogen-bond donors (Lipinski definition) is 3. The Balaban J connectivity index is 1.69. The molecular weight excluding hydrogens is 236 g/mol. The molecule has 2 fully saturated rings. The SMILES string of the molecule is O=C(NC1CCOCC1)N[C@H]1CC[C@@H](C(=O)O)C1. The van der Waals surface area contributed by atoms with Crippen molar-refractivity contribution in [3.8, 4) is 0 Å². The first-order valence-electron chi connectivity index (χ1n) is 6.52. The Morgan fingerprint density at radius 3 is 2.28 bits per heavy atom. The molecule has 2 atom stereocenters. The number of carbonyl (C=O) groups is 2. The van der Waals surface area contributed by atoms with Crippen molar-refractivity contribution in [1.82, 2.24) is 10.6 Å². The highest BCUT2D eigenvalue weighted by molar-refractivity contribution is 5.75. The van der Waals surface area contributed by atoms with Gasteiger partial charge in [0.1, 0.15) is 0 Å². The highest BCUT2D eigenvalue weighted by Gasteiger charge is 2.30. The summed E-state index contributed by atoms with van der Waals surface area (Å²) in [7, 11) is 0. The molecule has 0 aromatic heterocycles. The molecule has 2 rings (SSSR count). The lowest BCUT2D eigenvalue weighted by Gasteiger charge is -2.24. The summed E-state index contributed by atoms with van der Waals surface area (Å²) in [5, 5.41) is 14.7. The van der Waals surface area contributed by atoms with Crippen LogP contribution in [0, 0.1) is 5.92 Å². The van der Waals surface area contributed by atoms with Crippen molar-refractivity contribution >= 4 is 12.0 Å². The van der Waals surface area contributed by atoms with Crippen molar-refractivity contribution in [1.29, 1.82) is 0 Å². The second-order valence-corrected chi connectivity index (χ2v) is 5.05. The van der Waals surface area contributed by atoms with Crippen molar-refractivity contribution in [2.45, 2.75) is 44.2 Å². The standard InChI is InChI=1S/C12H20N2O4/c15-11(16)8-1-2-10(7-8)14-12(17)13-9-3-5-18-6-4-9/h8-10H,1-7H2,(H,15,16)(H2,13,14,17)/t8-,10+/m1/s1. The number of urea groups is 1. The first-order chi connectivity index (χ1) is 8.65. The van der Waals surface area contributed by atoms with E-state index in [9.17, 15) is 9.59 Å². The van der Waals surface area contributed by atoms with Crippen LogP contribution >= 0.6 is 0 Å². The summed E-state index contributed by atoms with van der Waals surface area (Å²) in [5.41, 5.74) is 0. The molecule has 102 valence electrons. The number of carboxylic acids is 1. The fraction of sp³-hybridized carbons (Fsp3) is 0.833. The molecule has 0 aromatic rings. The molecule has 1 saturated heterocycles. The maximum atomic E-state index is 11.7. The minimum atomic E-state index is -0.760. The molecule has 2 amide bonds. The van der Waals surface area contributed by atoms with Gasteiger partial charge in [-0.05, 0) is 32.1 Å². The van der Waals surface area contributed by atoms with E-state index in [1.54, 1.807) is 0 Å². The van der Waals surface area contributed by atoms with Crippen molar-refractivity contribution in [3.63, 3.8) is 0 Å². The summed E-state index contributed by atoms with van der Waals surface area (Å²) in [6.07, 6.45) is 3.62. The molecule has 0 aromatic carbocycles. The fourth-order valence-electron chi connectivity index (χ4n) is 2.59. The summed E-state index contributed by atoms with van der Waals surface area (Å²) < 4.78 is 5.22. The van der Waals surface area contributed by atoms with E-state index in [1.807, 2.05) is 0 Å². The van der Waals surface area contributed by atoms with E-state index in [4.69, 9.17) is 9.84 Å². The number of carboxylic acid groups (broad SMARTS) is 1. The molecule has 1 aliphatic heterocycles. The minimum Gasteiger partial charge on any atom is -0.481 e. The lowest BCUT2D eigenvalue weighted by atomic mass is 10.1. The highest BCUT2D eigenvalue weighted by Crippen LogP contribution is 2.25. The smallest absolute Gasteiger partial charge is 0.315 e. The van der Waals surface area contributed by atoms with Crippen molar-refractivity contribution in [2.75, 3.05) is 13.2 Å². The zero-order chi connectivity index (χ0) is 13.0. The van der Waals surface area contributed by atoms with Crippen LogP contribution in [0.3, 0.4) is 0 Å². The molecule has 0 spiro atoms. The van der Waals surface area contributed by atoms with E-state index in [2.05, 4.69) is 10.6 Å². The predicted molar refractivity (Wildman–Crippen MR) is 64.3 cm³/mol. The Hall–Kier alpha value is -1.30. The second kappa shape index (κ2) is 6.04. The Bertz CT molecular complexity index is 315. The van der Waals surface area contributed by atoms with E-state index in [0.717, 1.165) is 19.3 Å². The molecule has 0 bridgehead atoms. The van der Waals surface area contributed by atoms with Crippen LogP contribution in [0.2, 0.25) is 0 Å². The monoisotopic (exact) mass is 256 g/mol. The lowest BCUT2D eigenvalue weighted by Crippen LogP contribution is -2.47.